The average molecular weight is 364 g/mol. The van der Waals surface area contributed by atoms with E-state index in [9.17, 15) is 22.4 Å². The Balaban J connectivity index is 2.18. The van der Waals surface area contributed by atoms with Gasteiger partial charge < -0.3 is 5.32 Å². The molecule has 2 nitrogen and oxygen atoms in total. The van der Waals surface area contributed by atoms with Crippen molar-refractivity contribution in [1.82, 2.24) is 0 Å². The highest BCUT2D eigenvalue weighted by molar-refractivity contribution is 7.99. The van der Waals surface area contributed by atoms with Crippen LogP contribution in [0.15, 0.2) is 47.4 Å². The van der Waals surface area contributed by atoms with Crippen molar-refractivity contribution in [2.24, 2.45) is 0 Å². The smallest absolute Gasteiger partial charge is 0.321 e. The first kappa shape index (κ1) is 17.6. The van der Waals surface area contributed by atoms with Gasteiger partial charge in [-0.2, -0.15) is 13.2 Å². The Labute approximate surface area is 138 Å². The highest BCUT2D eigenvalue weighted by Gasteiger charge is 2.27. The van der Waals surface area contributed by atoms with Crippen molar-refractivity contribution in [1.29, 1.82) is 0 Å². The zero-order chi connectivity index (χ0) is 17.0. The lowest BCUT2D eigenvalue weighted by atomic mass is 10.2. The molecular weight excluding hydrogens is 354 g/mol. The van der Waals surface area contributed by atoms with Crippen LogP contribution >= 0.6 is 23.4 Å². The van der Waals surface area contributed by atoms with E-state index in [1.165, 1.54) is 18.2 Å². The average Bonchev–Trinajstić information content (AvgIpc) is 2.45. The van der Waals surface area contributed by atoms with Crippen molar-refractivity contribution in [3.63, 3.8) is 0 Å². The van der Waals surface area contributed by atoms with E-state index in [0.29, 0.717) is 11.8 Å². The minimum Gasteiger partial charge on any atom is -0.321 e. The maximum atomic E-state index is 13.0. The van der Waals surface area contributed by atoms with Gasteiger partial charge in [0.05, 0.1) is 22.0 Å². The summed E-state index contributed by atoms with van der Waals surface area (Å²) in [4.78, 5) is 12.4. The van der Waals surface area contributed by atoms with Crippen LogP contribution in [-0.2, 0) is 0 Å². The van der Waals surface area contributed by atoms with E-state index in [4.69, 9.17) is 11.6 Å². The van der Waals surface area contributed by atoms with Gasteiger partial charge in [0.2, 0.25) is 0 Å². The number of hydrogen-bond donors (Lipinski definition) is 1. The van der Waals surface area contributed by atoms with E-state index in [-0.39, 0.29) is 21.2 Å². The van der Waals surface area contributed by atoms with Crippen molar-refractivity contribution in [3.8, 4) is 0 Å². The monoisotopic (exact) mass is 363 g/mol. The van der Waals surface area contributed by atoms with Gasteiger partial charge in [0.25, 0.3) is 5.91 Å². The summed E-state index contributed by atoms with van der Waals surface area (Å²) >= 11 is 6.36. The minimum atomic E-state index is -4.32. The van der Waals surface area contributed by atoms with Crippen molar-refractivity contribution in [3.05, 3.63) is 58.9 Å². The van der Waals surface area contributed by atoms with E-state index in [1.54, 1.807) is 12.1 Å². The van der Waals surface area contributed by atoms with Gasteiger partial charge in [0.1, 0.15) is 5.82 Å². The molecule has 0 saturated heterocycles. The van der Waals surface area contributed by atoms with Crippen molar-refractivity contribution in [2.75, 3.05) is 11.1 Å². The number of thioether (sulfide) groups is 1. The van der Waals surface area contributed by atoms with Gasteiger partial charge in [-0.3, -0.25) is 4.79 Å². The first-order valence-corrected chi connectivity index (χ1v) is 7.67. The Morgan fingerprint density at radius 1 is 1.17 bits per heavy atom. The molecule has 0 heterocycles. The number of carbonyl (C=O) groups is 1. The summed E-state index contributed by atoms with van der Waals surface area (Å²) in [7, 11) is 0. The van der Waals surface area contributed by atoms with Gasteiger partial charge in [-0.25, -0.2) is 4.39 Å². The Morgan fingerprint density at radius 2 is 1.87 bits per heavy atom. The molecule has 2 rings (SSSR count). The lowest BCUT2D eigenvalue weighted by Crippen LogP contribution is -2.14. The molecular formula is C15H10ClF4NOS. The van der Waals surface area contributed by atoms with Gasteiger partial charge in [0.15, 0.2) is 0 Å². The van der Waals surface area contributed by atoms with Crippen LogP contribution in [0.1, 0.15) is 10.4 Å². The van der Waals surface area contributed by atoms with Crippen LogP contribution in [0.25, 0.3) is 0 Å². The standard InChI is InChI=1S/C15H10ClF4NOS/c16-11-7-9(17)5-6-10(11)14(22)21-12-3-1-2-4-13(12)23-8-15(18,19)20/h1-7H,8H2,(H,21,22). The lowest BCUT2D eigenvalue weighted by molar-refractivity contribution is -0.105. The highest BCUT2D eigenvalue weighted by atomic mass is 35.5. The summed E-state index contributed by atoms with van der Waals surface area (Å²) in [6.07, 6.45) is -4.32. The van der Waals surface area contributed by atoms with E-state index in [0.717, 1.165) is 12.1 Å². The third-order valence-electron chi connectivity index (χ3n) is 2.70. The van der Waals surface area contributed by atoms with E-state index < -0.39 is 23.7 Å². The van der Waals surface area contributed by atoms with Crippen molar-refractivity contribution in [2.45, 2.75) is 11.1 Å². The summed E-state index contributed by atoms with van der Waals surface area (Å²) in [6.45, 7) is 0. The van der Waals surface area contributed by atoms with Gasteiger partial charge in [0, 0.05) is 4.90 Å². The first-order valence-electron chi connectivity index (χ1n) is 6.31. The molecule has 0 bridgehead atoms. The predicted molar refractivity (Wildman–Crippen MR) is 82.6 cm³/mol. The van der Waals surface area contributed by atoms with Crippen LogP contribution in [0.3, 0.4) is 0 Å². The van der Waals surface area contributed by atoms with Crippen LogP contribution in [0.4, 0.5) is 23.2 Å². The molecule has 2 aromatic carbocycles. The Bertz CT molecular complexity index is 721. The fourth-order valence-corrected chi connectivity index (χ4v) is 2.74. The molecule has 0 aliphatic rings. The fourth-order valence-electron chi connectivity index (χ4n) is 1.72. The molecule has 23 heavy (non-hydrogen) atoms. The molecule has 0 fully saturated rings. The van der Waals surface area contributed by atoms with Crippen LogP contribution in [-0.4, -0.2) is 17.8 Å². The fraction of sp³-hybridized carbons (Fsp3) is 0.133. The first-order chi connectivity index (χ1) is 10.8. The van der Waals surface area contributed by atoms with Gasteiger partial charge in [-0.15, -0.1) is 11.8 Å². The number of halogens is 5. The summed E-state index contributed by atoms with van der Waals surface area (Å²) in [5.41, 5.74) is 0.260. The van der Waals surface area contributed by atoms with Crippen molar-refractivity contribution < 1.29 is 22.4 Å². The molecule has 0 atom stereocenters. The van der Waals surface area contributed by atoms with Crippen LogP contribution in [0, 0.1) is 5.82 Å². The van der Waals surface area contributed by atoms with Gasteiger partial charge in [-0.1, -0.05) is 23.7 Å². The van der Waals surface area contributed by atoms with Crippen molar-refractivity contribution >= 4 is 35.0 Å². The Kier molecular flexibility index (Phi) is 5.54. The second-order valence-electron chi connectivity index (χ2n) is 4.48. The number of para-hydroxylation sites is 1. The normalized spacial score (nSPS) is 11.3. The van der Waals surface area contributed by atoms with Crippen LogP contribution in [0.2, 0.25) is 5.02 Å². The van der Waals surface area contributed by atoms with Gasteiger partial charge in [-0.05, 0) is 30.3 Å². The second kappa shape index (κ2) is 7.23. The Morgan fingerprint density at radius 3 is 2.52 bits per heavy atom. The SMILES string of the molecule is O=C(Nc1ccccc1SCC(F)(F)F)c1ccc(F)cc1Cl. The lowest BCUT2D eigenvalue weighted by Gasteiger charge is -2.12. The largest absolute Gasteiger partial charge is 0.398 e. The minimum absolute atomic E-state index is 0.0312. The summed E-state index contributed by atoms with van der Waals surface area (Å²) in [5, 5.41) is 2.41. The van der Waals surface area contributed by atoms with Gasteiger partial charge >= 0.3 is 6.18 Å². The number of alkyl halides is 3. The molecule has 0 aromatic heterocycles. The highest BCUT2D eigenvalue weighted by Crippen LogP contribution is 2.32. The third-order valence-corrected chi connectivity index (χ3v) is 4.15. The summed E-state index contributed by atoms with van der Waals surface area (Å²) in [6, 6.07) is 9.37. The number of rotatable bonds is 4. The number of benzene rings is 2. The molecule has 1 amide bonds. The second-order valence-corrected chi connectivity index (χ2v) is 5.90. The third kappa shape index (κ3) is 5.14. The molecule has 8 heteroatoms. The summed E-state index contributed by atoms with van der Waals surface area (Å²) < 4.78 is 50.0. The number of amides is 1. The molecule has 1 N–H and O–H groups in total. The van der Waals surface area contributed by atoms with E-state index >= 15 is 0 Å². The molecule has 0 spiro atoms. The molecule has 0 unspecified atom stereocenters. The number of carbonyl (C=O) groups excluding carboxylic acids is 1. The van der Waals surface area contributed by atoms with Crippen LogP contribution in [0.5, 0.6) is 0 Å². The maximum absolute atomic E-state index is 13.0. The van der Waals surface area contributed by atoms with Crippen LogP contribution < -0.4 is 5.32 Å². The zero-order valence-corrected chi connectivity index (χ0v) is 13.0. The molecule has 0 saturated carbocycles. The summed E-state index contributed by atoms with van der Waals surface area (Å²) in [5.74, 6) is -2.29. The van der Waals surface area contributed by atoms with E-state index in [2.05, 4.69) is 5.32 Å². The molecule has 2 aromatic rings. The number of anilines is 1. The molecule has 0 aliphatic carbocycles. The zero-order valence-electron chi connectivity index (χ0n) is 11.5. The Hall–Kier alpha value is -1.73. The molecule has 0 aliphatic heterocycles. The maximum Gasteiger partial charge on any atom is 0.398 e. The predicted octanol–water partition coefficient (Wildman–Crippen LogP) is 5.39. The topological polar surface area (TPSA) is 29.1 Å². The quantitative estimate of drug-likeness (QED) is 0.583. The number of hydrogen-bond acceptors (Lipinski definition) is 2. The molecule has 0 radical (unpaired) electrons. The number of nitrogens with one attached hydrogen (secondary N) is 1. The molecule has 122 valence electrons. The van der Waals surface area contributed by atoms with E-state index in [1.807, 2.05) is 0 Å².